The largest absolute Gasteiger partial charge is 0.341 e. The third kappa shape index (κ3) is 2.86. The molecule has 3 N–H and O–H groups in total. The van der Waals surface area contributed by atoms with Crippen molar-refractivity contribution in [2.75, 3.05) is 26.2 Å². The number of hydrogen-bond donors (Lipinski definition) is 3. The molecular formula is C16H23ClN4O. The average Bonchev–Trinajstić information content (AvgIpc) is 3.22. The number of nitrogens with one attached hydrogen (secondary N) is 3. The van der Waals surface area contributed by atoms with E-state index in [1.54, 1.807) is 0 Å². The molecule has 3 aliphatic rings. The lowest BCUT2D eigenvalue weighted by atomic mass is 10.0. The van der Waals surface area contributed by atoms with E-state index in [-0.39, 0.29) is 30.4 Å². The highest BCUT2D eigenvalue weighted by atomic mass is 35.5. The van der Waals surface area contributed by atoms with Crippen LogP contribution in [0.3, 0.4) is 0 Å². The van der Waals surface area contributed by atoms with Crippen molar-refractivity contribution >= 4 is 18.3 Å². The van der Waals surface area contributed by atoms with E-state index in [1.165, 1.54) is 5.56 Å². The summed E-state index contributed by atoms with van der Waals surface area (Å²) in [6.45, 7) is 3.98. The number of hydrazine groups is 1. The summed E-state index contributed by atoms with van der Waals surface area (Å²) in [5.41, 5.74) is 7.70. The molecule has 4 rings (SSSR count). The van der Waals surface area contributed by atoms with Gasteiger partial charge in [0.15, 0.2) is 0 Å². The molecule has 0 aromatic heterocycles. The molecule has 120 valence electrons. The second-order valence-corrected chi connectivity index (χ2v) is 6.46. The van der Waals surface area contributed by atoms with Crippen LogP contribution in [-0.2, 0) is 4.79 Å². The van der Waals surface area contributed by atoms with E-state index in [0.29, 0.717) is 11.8 Å². The quantitative estimate of drug-likeness (QED) is 0.750. The van der Waals surface area contributed by atoms with Gasteiger partial charge < -0.3 is 10.2 Å². The van der Waals surface area contributed by atoms with Gasteiger partial charge in [-0.1, -0.05) is 30.3 Å². The van der Waals surface area contributed by atoms with Gasteiger partial charge in [0.05, 0.1) is 0 Å². The van der Waals surface area contributed by atoms with Crippen LogP contribution in [0.1, 0.15) is 18.0 Å². The molecule has 3 saturated heterocycles. The van der Waals surface area contributed by atoms with Crippen molar-refractivity contribution < 1.29 is 4.79 Å². The van der Waals surface area contributed by atoms with Crippen molar-refractivity contribution in [2.24, 2.45) is 11.8 Å². The normalized spacial score (nSPS) is 33.5. The zero-order valence-corrected chi connectivity index (χ0v) is 13.3. The second-order valence-electron chi connectivity index (χ2n) is 6.46. The molecule has 1 aromatic rings. The van der Waals surface area contributed by atoms with Crippen LogP contribution < -0.4 is 16.2 Å². The number of rotatable bonds is 2. The molecule has 22 heavy (non-hydrogen) atoms. The summed E-state index contributed by atoms with van der Waals surface area (Å²) in [5, 5.41) is 3.42. The van der Waals surface area contributed by atoms with Gasteiger partial charge in [-0.05, 0) is 23.8 Å². The Hall–Kier alpha value is -1.14. The number of nitrogens with zero attached hydrogens (tertiary/aromatic N) is 1. The molecule has 3 aliphatic heterocycles. The predicted molar refractivity (Wildman–Crippen MR) is 87.5 cm³/mol. The number of carbonyl (C=O) groups is 1. The van der Waals surface area contributed by atoms with E-state index in [1.807, 2.05) is 18.2 Å². The Kier molecular flexibility index (Phi) is 4.68. The number of amides is 1. The average molecular weight is 323 g/mol. The molecule has 4 atom stereocenters. The molecule has 5 nitrogen and oxygen atoms in total. The van der Waals surface area contributed by atoms with Crippen molar-refractivity contribution in [3.05, 3.63) is 35.9 Å². The number of hydrogen-bond acceptors (Lipinski definition) is 4. The van der Waals surface area contributed by atoms with Crippen molar-refractivity contribution in [2.45, 2.75) is 18.5 Å². The van der Waals surface area contributed by atoms with Gasteiger partial charge in [-0.25, -0.2) is 10.9 Å². The van der Waals surface area contributed by atoms with Crippen LogP contribution in [0.2, 0.25) is 0 Å². The van der Waals surface area contributed by atoms with Crippen LogP contribution >= 0.6 is 12.4 Å². The zero-order valence-electron chi connectivity index (χ0n) is 12.5. The highest BCUT2D eigenvalue weighted by Crippen LogP contribution is 2.29. The maximum Gasteiger partial charge on any atom is 0.241 e. The molecule has 0 aliphatic carbocycles. The summed E-state index contributed by atoms with van der Waals surface area (Å²) < 4.78 is 0. The van der Waals surface area contributed by atoms with E-state index in [0.717, 1.165) is 32.6 Å². The number of benzene rings is 1. The van der Waals surface area contributed by atoms with Gasteiger partial charge in [0.1, 0.15) is 6.04 Å². The molecule has 0 radical (unpaired) electrons. The van der Waals surface area contributed by atoms with Gasteiger partial charge in [0, 0.05) is 32.2 Å². The molecule has 3 fully saturated rings. The molecule has 0 saturated carbocycles. The first kappa shape index (κ1) is 15.7. The minimum absolute atomic E-state index is 0. The first-order chi connectivity index (χ1) is 10.3. The molecule has 0 spiro atoms. The molecule has 2 unspecified atom stereocenters. The first-order valence-electron chi connectivity index (χ1n) is 7.87. The topological polar surface area (TPSA) is 56.4 Å². The van der Waals surface area contributed by atoms with Crippen molar-refractivity contribution in [3.63, 3.8) is 0 Å². The Balaban J connectivity index is 0.00000144. The maximum absolute atomic E-state index is 12.7. The van der Waals surface area contributed by atoms with Crippen LogP contribution in [-0.4, -0.2) is 43.0 Å². The summed E-state index contributed by atoms with van der Waals surface area (Å²) in [6.07, 6.45) is 0.826. The van der Waals surface area contributed by atoms with Gasteiger partial charge in [-0.15, -0.1) is 12.4 Å². The fourth-order valence-corrected chi connectivity index (χ4v) is 3.88. The number of halogens is 1. The molecular weight excluding hydrogens is 300 g/mol. The second kappa shape index (κ2) is 6.54. The minimum atomic E-state index is -0.0954. The third-order valence-electron chi connectivity index (χ3n) is 5.10. The van der Waals surface area contributed by atoms with Crippen LogP contribution in [0.4, 0.5) is 0 Å². The van der Waals surface area contributed by atoms with Gasteiger partial charge in [-0.2, -0.15) is 0 Å². The van der Waals surface area contributed by atoms with E-state index in [4.69, 9.17) is 0 Å². The first-order valence-corrected chi connectivity index (χ1v) is 7.87. The Morgan fingerprint density at radius 3 is 2.41 bits per heavy atom. The number of fused-ring (bicyclic) bond motifs is 1. The Morgan fingerprint density at radius 1 is 1.05 bits per heavy atom. The Bertz CT molecular complexity index is 514. The lowest BCUT2D eigenvalue weighted by molar-refractivity contribution is -0.132. The van der Waals surface area contributed by atoms with Crippen molar-refractivity contribution in [3.8, 4) is 0 Å². The monoisotopic (exact) mass is 322 g/mol. The van der Waals surface area contributed by atoms with E-state index in [9.17, 15) is 4.79 Å². The van der Waals surface area contributed by atoms with Crippen molar-refractivity contribution in [1.82, 2.24) is 21.1 Å². The Labute approximate surface area is 137 Å². The van der Waals surface area contributed by atoms with Crippen LogP contribution in [0, 0.1) is 11.8 Å². The van der Waals surface area contributed by atoms with Crippen LogP contribution in [0.15, 0.2) is 30.3 Å². The molecule has 1 amide bonds. The van der Waals surface area contributed by atoms with Gasteiger partial charge in [0.25, 0.3) is 0 Å². The highest BCUT2D eigenvalue weighted by Gasteiger charge is 2.41. The minimum Gasteiger partial charge on any atom is -0.341 e. The predicted octanol–water partition coefficient (Wildman–Crippen LogP) is 0.694. The molecule has 3 heterocycles. The zero-order chi connectivity index (χ0) is 14.2. The molecule has 6 heteroatoms. The van der Waals surface area contributed by atoms with Gasteiger partial charge in [-0.3, -0.25) is 4.79 Å². The summed E-state index contributed by atoms with van der Waals surface area (Å²) in [6, 6.07) is 10.5. The smallest absolute Gasteiger partial charge is 0.241 e. The number of likely N-dealkylation sites (tertiary alicyclic amines) is 1. The Morgan fingerprint density at radius 2 is 1.73 bits per heavy atom. The maximum atomic E-state index is 12.7. The van der Waals surface area contributed by atoms with Crippen molar-refractivity contribution in [1.29, 1.82) is 0 Å². The van der Waals surface area contributed by atoms with Gasteiger partial charge >= 0.3 is 0 Å². The van der Waals surface area contributed by atoms with Crippen LogP contribution in [0.25, 0.3) is 0 Å². The summed E-state index contributed by atoms with van der Waals surface area (Å²) in [4.78, 5) is 14.7. The SMILES string of the molecule is Cl.O=C(C1CC(c2ccccc2)NN1)N1C[C@H]2CNC[C@H]2C1. The fourth-order valence-electron chi connectivity index (χ4n) is 3.88. The summed E-state index contributed by atoms with van der Waals surface area (Å²) in [7, 11) is 0. The van der Waals surface area contributed by atoms with E-state index in [2.05, 4.69) is 33.2 Å². The lowest BCUT2D eigenvalue weighted by Crippen LogP contribution is -2.45. The number of carbonyl (C=O) groups excluding carboxylic acids is 1. The van der Waals surface area contributed by atoms with E-state index >= 15 is 0 Å². The van der Waals surface area contributed by atoms with Crippen LogP contribution in [0.5, 0.6) is 0 Å². The van der Waals surface area contributed by atoms with E-state index < -0.39 is 0 Å². The summed E-state index contributed by atoms with van der Waals surface area (Å²) >= 11 is 0. The van der Waals surface area contributed by atoms with Gasteiger partial charge in [0.2, 0.25) is 5.91 Å². The lowest BCUT2D eigenvalue weighted by Gasteiger charge is -2.21. The fraction of sp³-hybridized carbons (Fsp3) is 0.562. The molecule has 1 aromatic carbocycles. The molecule has 0 bridgehead atoms. The summed E-state index contributed by atoms with van der Waals surface area (Å²) in [5.74, 6) is 1.58. The standard InChI is InChI=1S/C16H22N4O.ClH/c21-16(20-9-12-7-17-8-13(12)10-20)15-6-14(18-19-15)11-4-2-1-3-5-11;/h1-5,12-15,17-19H,6-10H2;1H/t12-,13+,14?,15?;. The highest BCUT2D eigenvalue weighted by molar-refractivity contribution is 5.85. The third-order valence-corrected chi connectivity index (χ3v) is 5.10.